The molecule has 4 heterocycles. The van der Waals surface area contributed by atoms with E-state index in [1.165, 1.54) is 37.2 Å². The summed E-state index contributed by atoms with van der Waals surface area (Å²) >= 11 is 0. The number of carbonyl (C=O) groups excluding carboxylic acids is 6. The first-order valence-electron chi connectivity index (χ1n) is 20.4. The van der Waals surface area contributed by atoms with Gasteiger partial charge in [0.2, 0.25) is 11.8 Å². The predicted molar refractivity (Wildman–Crippen MR) is 223 cm³/mol. The molecule has 20 heteroatoms. The lowest BCUT2D eigenvalue weighted by molar-refractivity contribution is -0.147. The number of nitrogens with one attached hydrogen (secondary N) is 4. The highest BCUT2D eigenvalue weighted by Crippen LogP contribution is 2.27. The molecule has 2 aromatic carbocycles. The quantitative estimate of drug-likeness (QED) is 0.0983. The number of amides is 4. The summed E-state index contributed by atoms with van der Waals surface area (Å²) in [6, 6.07) is 16.0. The van der Waals surface area contributed by atoms with Crippen molar-refractivity contribution in [2.75, 3.05) is 0 Å². The van der Waals surface area contributed by atoms with Crippen LogP contribution in [-0.4, -0.2) is 106 Å². The second-order valence-electron chi connectivity index (χ2n) is 15.8. The fraction of sp³-hybridized carbons (Fsp3) is 0.381. The van der Waals surface area contributed by atoms with E-state index in [2.05, 4.69) is 41.2 Å². The molecule has 18 nitrogen and oxygen atoms in total. The van der Waals surface area contributed by atoms with Crippen LogP contribution in [0.1, 0.15) is 72.6 Å². The summed E-state index contributed by atoms with van der Waals surface area (Å²) in [5, 5.41) is 11.3. The van der Waals surface area contributed by atoms with Crippen LogP contribution in [0.2, 0.25) is 0 Å². The summed E-state index contributed by atoms with van der Waals surface area (Å²) in [7, 11) is -2.68. The average molecular weight is 847 g/mol. The Morgan fingerprint density at radius 2 is 0.968 bits per heavy atom. The average Bonchev–Trinajstić information content (AvgIpc) is 3.85. The SMILES string of the molecule is CC(C)C[C@H](NC(=O)C(Cc1ccccc1)NC(=O)c1cnccn1)B1OC(=O)C(C2OB([C@H](CC(C)C)NC(=O)C(Cc3ccccc3)NC(=O)c3cnccn3)OC2=O)O1. The zero-order valence-electron chi connectivity index (χ0n) is 34.7. The number of rotatable bonds is 19. The first-order chi connectivity index (χ1) is 29.8. The number of nitrogens with zero attached hydrogens (tertiary/aromatic N) is 4. The maximum Gasteiger partial charge on any atom is 0.552 e. The third-order valence-corrected chi connectivity index (χ3v) is 9.93. The lowest BCUT2D eigenvalue weighted by atomic mass is 9.73. The van der Waals surface area contributed by atoms with Crippen molar-refractivity contribution in [1.82, 2.24) is 41.2 Å². The molecule has 0 saturated carbocycles. The van der Waals surface area contributed by atoms with E-state index in [-0.39, 0.29) is 48.9 Å². The Morgan fingerprint density at radius 1 is 0.581 bits per heavy atom. The zero-order valence-corrected chi connectivity index (χ0v) is 34.7. The molecule has 4 aromatic rings. The van der Waals surface area contributed by atoms with E-state index in [1.54, 1.807) is 0 Å². The summed E-state index contributed by atoms with van der Waals surface area (Å²) in [6.45, 7) is 7.62. The van der Waals surface area contributed by atoms with Gasteiger partial charge in [0, 0.05) is 37.6 Å². The van der Waals surface area contributed by atoms with Crippen molar-refractivity contribution >= 4 is 49.8 Å². The largest absolute Gasteiger partial charge is 0.552 e. The standard InChI is InChI=1S/C42H48B2N8O10/c1-25(2)19-33(51-37(53)29(21-27-11-7-5-8-12-27)49-39(55)31-23-45-15-17-47-31)43-59-35(41(57)61-43)36-42(58)62-44(60-36)34(20-26(3)4)52-38(54)30(22-28-13-9-6-10-14-28)50-40(56)32-24-46-16-18-48-32/h5-18,23-26,29-30,33-36H,19-22H2,1-4H3,(H,49,55)(H,50,56)(H,51,53)(H,52,54)/t29?,30?,33-,34-,35?,36?/m0/s1. The van der Waals surface area contributed by atoms with Gasteiger partial charge in [-0.05, 0) is 35.8 Å². The van der Waals surface area contributed by atoms with Crippen LogP contribution >= 0.6 is 0 Å². The Bertz CT molecular complexity index is 2010. The number of aromatic nitrogens is 4. The molecular formula is C42H48B2N8O10. The maximum atomic E-state index is 14.0. The van der Waals surface area contributed by atoms with Gasteiger partial charge in [-0.3, -0.25) is 38.7 Å². The third-order valence-electron chi connectivity index (χ3n) is 9.93. The van der Waals surface area contributed by atoms with Gasteiger partial charge in [0.15, 0.2) is 12.2 Å². The van der Waals surface area contributed by atoms with Crippen molar-refractivity contribution in [2.45, 2.75) is 89.6 Å². The molecule has 4 N–H and O–H groups in total. The van der Waals surface area contributed by atoms with Gasteiger partial charge in [-0.1, -0.05) is 88.4 Å². The molecule has 6 rings (SSSR count). The second-order valence-corrected chi connectivity index (χ2v) is 15.8. The topological polar surface area (TPSA) is 239 Å². The van der Waals surface area contributed by atoms with Crippen molar-refractivity contribution in [2.24, 2.45) is 11.8 Å². The Morgan fingerprint density at radius 3 is 1.31 bits per heavy atom. The number of carbonyl (C=O) groups is 6. The van der Waals surface area contributed by atoms with Crippen LogP contribution in [0.5, 0.6) is 0 Å². The summed E-state index contributed by atoms with van der Waals surface area (Å²) in [5.74, 6) is -6.12. The molecule has 2 saturated heterocycles. The van der Waals surface area contributed by atoms with E-state index in [1.807, 2.05) is 88.4 Å². The van der Waals surface area contributed by atoms with E-state index >= 15 is 0 Å². The van der Waals surface area contributed by atoms with E-state index < -0.39 is 86.0 Å². The first-order valence-corrected chi connectivity index (χ1v) is 20.4. The van der Waals surface area contributed by atoms with Gasteiger partial charge in [0.25, 0.3) is 11.8 Å². The summed E-state index contributed by atoms with van der Waals surface area (Å²) in [4.78, 5) is 97.1. The molecule has 0 aliphatic carbocycles. The van der Waals surface area contributed by atoms with Crippen molar-refractivity contribution in [3.8, 4) is 0 Å². The van der Waals surface area contributed by atoms with Gasteiger partial charge in [-0.15, -0.1) is 0 Å². The van der Waals surface area contributed by atoms with Gasteiger partial charge in [0.05, 0.1) is 24.3 Å². The van der Waals surface area contributed by atoms with Gasteiger partial charge in [0.1, 0.15) is 23.5 Å². The maximum absolute atomic E-state index is 14.0. The van der Waals surface area contributed by atoms with Crippen molar-refractivity contribution < 1.29 is 47.4 Å². The number of hydrogen-bond donors (Lipinski definition) is 4. The van der Waals surface area contributed by atoms with Gasteiger partial charge in [-0.25, -0.2) is 9.97 Å². The summed E-state index contributed by atoms with van der Waals surface area (Å²) in [6.07, 6.45) is 5.80. The smallest absolute Gasteiger partial charge is 0.506 e. The van der Waals surface area contributed by atoms with Crippen LogP contribution in [-0.2, 0) is 50.6 Å². The molecule has 0 spiro atoms. The van der Waals surface area contributed by atoms with E-state index in [4.69, 9.17) is 18.6 Å². The van der Waals surface area contributed by atoms with Crippen LogP contribution in [0, 0.1) is 11.8 Å². The molecule has 62 heavy (non-hydrogen) atoms. The van der Waals surface area contributed by atoms with Crippen LogP contribution < -0.4 is 21.3 Å². The number of benzene rings is 2. The zero-order chi connectivity index (χ0) is 44.2. The molecule has 0 bridgehead atoms. The molecular weight excluding hydrogens is 798 g/mol. The molecule has 2 aromatic heterocycles. The molecule has 322 valence electrons. The molecule has 2 fully saturated rings. The molecule has 6 atom stereocenters. The second kappa shape index (κ2) is 21.3. The molecule has 2 aliphatic rings. The Hall–Kier alpha value is -6.53. The molecule has 0 radical (unpaired) electrons. The Balaban J connectivity index is 1.15. The normalized spacial score (nSPS) is 18.0. The highest BCUT2D eigenvalue weighted by molar-refractivity contribution is 6.53. The van der Waals surface area contributed by atoms with Gasteiger partial charge >= 0.3 is 26.2 Å². The third kappa shape index (κ3) is 12.3. The lowest BCUT2D eigenvalue weighted by Crippen LogP contribution is -2.56. The Labute approximate surface area is 359 Å². The van der Waals surface area contributed by atoms with Crippen LogP contribution in [0.4, 0.5) is 0 Å². The van der Waals surface area contributed by atoms with Crippen LogP contribution in [0.3, 0.4) is 0 Å². The fourth-order valence-corrected chi connectivity index (χ4v) is 7.04. The fourth-order valence-electron chi connectivity index (χ4n) is 7.04. The minimum atomic E-state index is -1.58. The lowest BCUT2D eigenvalue weighted by Gasteiger charge is -2.25. The van der Waals surface area contributed by atoms with Crippen LogP contribution in [0.15, 0.2) is 97.8 Å². The van der Waals surface area contributed by atoms with Crippen molar-refractivity contribution in [3.63, 3.8) is 0 Å². The minimum absolute atomic E-state index is 0.0158. The highest BCUT2D eigenvalue weighted by atomic mass is 16.7. The van der Waals surface area contributed by atoms with Crippen LogP contribution in [0.25, 0.3) is 0 Å². The van der Waals surface area contributed by atoms with Gasteiger partial charge in [-0.2, -0.15) is 0 Å². The number of hydrogen-bond acceptors (Lipinski definition) is 14. The van der Waals surface area contributed by atoms with E-state index in [9.17, 15) is 28.8 Å². The van der Waals surface area contributed by atoms with E-state index in [0.717, 1.165) is 11.1 Å². The van der Waals surface area contributed by atoms with Crippen molar-refractivity contribution in [3.05, 3.63) is 120 Å². The highest BCUT2D eigenvalue weighted by Gasteiger charge is 2.57. The Kier molecular flexibility index (Phi) is 15.5. The molecule has 4 amide bonds. The summed E-state index contributed by atoms with van der Waals surface area (Å²) < 4.78 is 23.4. The predicted octanol–water partition coefficient (Wildman–Crippen LogP) is 1.65. The molecule has 4 unspecified atom stereocenters. The van der Waals surface area contributed by atoms with Crippen molar-refractivity contribution in [1.29, 1.82) is 0 Å². The minimum Gasteiger partial charge on any atom is -0.506 e. The van der Waals surface area contributed by atoms with E-state index in [0.29, 0.717) is 0 Å². The van der Waals surface area contributed by atoms with Gasteiger partial charge < -0.3 is 39.9 Å². The first kappa shape index (κ1) is 45.0. The monoisotopic (exact) mass is 846 g/mol. The summed E-state index contributed by atoms with van der Waals surface area (Å²) in [5.41, 5.74) is 1.57. The molecule has 2 aliphatic heterocycles.